The van der Waals surface area contributed by atoms with Crippen LogP contribution < -0.4 is 31.8 Å². The smallest absolute Gasteiger partial charge is 0.359 e. The summed E-state index contributed by atoms with van der Waals surface area (Å²) in [6, 6.07) is 78.0. The molecule has 0 heterocycles. The van der Waals surface area contributed by atoms with E-state index in [9.17, 15) is 0 Å². The fraction of sp³-hybridized carbons (Fsp3) is 0. The molecule has 0 aliphatic carbocycles. The summed E-state index contributed by atoms with van der Waals surface area (Å²) in [6.45, 7) is 0. The molecule has 7 rings (SSSR count). The van der Waals surface area contributed by atoms with Crippen LogP contribution >= 0.6 is 15.8 Å². The van der Waals surface area contributed by atoms with Crippen LogP contribution in [0.15, 0.2) is 206 Å². The molecule has 4 heteroatoms. The molecule has 0 N–H and O–H groups in total. The van der Waals surface area contributed by atoms with Gasteiger partial charge < -0.3 is 18.2 Å². The Balaban J connectivity index is 0.000000205. The minimum atomic E-state index is -0.877. The Kier molecular flexibility index (Phi) is 17.6. The Morgan fingerprint density at radius 2 is 0.457 bits per heavy atom. The predicted molar refractivity (Wildman–Crippen MR) is 197 cm³/mol. The van der Waals surface area contributed by atoms with Crippen LogP contribution in [0.3, 0.4) is 0 Å². The van der Waals surface area contributed by atoms with E-state index < -0.39 is 15.8 Å². The van der Waals surface area contributed by atoms with Crippen molar-refractivity contribution in [1.29, 1.82) is 0 Å². The van der Waals surface area contributed by atoms with Crippen LogP contribution in [0, 0.1) is 12.1 Å². The molecule has 0 fully saturated rings. The van der Waals surface area contributed by atoms with Crippen molar-refractivity contribution in [3.8, 4) is 0 Å². The molecule has 0 saturated heterocycles. The Bertz CT molecular complexity index is 1390. The van der Waals surface area contributed by atoms with Gasteiger partial charge in [0.15, 0.2) is 0 Å². The fourth-order valence-corrected chi connectivity index (χ4v) is 10.1. The molecule has 0 nitrogen and oxygen atoms in total. The van der Waals surface area contributed by atoms with E-state index >= 15 is 0 Å². The van der Waals surface area contributed by atoms with E-state index in [2.05, 4.69) is 194 Å². The van der Waals surface area contributed by atoms with Crippen LogP contribution in [0.5, 0.6) is 0 Å². The molecular formula is C42H36Au2P2+2. The molecule has 46 heavy (non-hydrogen) atoms. The van der Waals surface area contributed by atoms with Gasteiger partial charge in [0, 0.05) is 0 Å². The normalized spacial score (nSPS) is 9.78. The third kappa shape index (κ3) is 11.6. The molecule has 0 aliphatic heterocycles. The van der Waals surface area contributed by atoms with Crippen molar-refractivity contribution in [3.63, 3.8) is 0 Å². The molecule has 0 aliphatic rings. The molecule has 7 aromatic carbocycles. The van der Waals surface area contributed by atoms with E-state index in [-0.39, 0.29) is 44.8 Å². The molecule has 0 saturated carbocycles. The van der Waals surface area contributed by atoms with E-state index in [0.717, 1.165) is 0 Å². The van der Waals surface area contributed by atoms with Crippen molar-refractivity contribution in [1.82, 2.24) is 0 Å². The maximum Gasteiger partial charge on any atom is 1.00 e. The fourth-order valence-electron chi connectivity index (χ4n) is 4.93. The third-order valence-electron chi connectivity index (χ3n) is 6.93. The van der Waals surface area contributed by atoms with E-state index in [0.29, 0.717) is 0 Å². The second-order valence-electron chi connectivity index (χ2n) is 9.95. The van der Waals surface area contributed by atoms with Gasteiger partial charge in [-0.25, -0.2) is 0 Å². The molecule has 0 aromatic heterocycles. The minimum Gasteiger partial charge on any atom is -0.359 e. The summed E-state index contributed by atoms with van der Waals surface area (Å²) < 4.78 is 0. The molecule has 234 valence electrons. The summed E-state index contributed by atoms with van der Waals surface area (Å²) in [5.74, 6) is 0. The predicted octanol–water partition coefficient (Wildman–Crippen LogP) is 7.64. The molecule has 0 atom stereocenters. The van der Waals surface area contributed by atoms with Crippen LogP contribution in [0.2, 0.25) is 0 Å². The second kappa shape index (κ2) is 21.6. The SMILES string of the molecule is [Au+].[Au+].[c-]1c[c-]ccc1.c1ccc([PH+](c2ccccc2)c2ccccc2)cc1.c1ccc([PH+](c2ccccc2)c2ccccc2)cc1. The van der Waals surface area contributed by atoms with Gasteiger partial charge in [-0.15, -0.1) is 0 Å². The number of benzene rings is 7. The van der Waals surface area contributed by atoms with Gasteiger partial charge in [0.2, 0.25) is 0 Å². The van der Waals surface area contributed by atoms with Gasteiger partial charge in [-0.05, 0) is 72.8 Å². The van der Waals surface area contributed by atoms with Gasteiger partial charge in [-0.2, -0.15) is 0 Å². The monoisotopic (exact) mass is 996 g/mol. The molecule has 7 aromatic rings. The summed E-state index contributed by atoms with van der Waals surface area (Å²) >= 11 is 0. The molecule has 0 spiro atoms. The van der Waals surface area contributed by atoms with Gasteiger partial charge in [-0.1, -0.05) is 109 Å². The standard InChI is InChI=1S/2C18H15P.C6H4.2Au/c2*1-4-10-16(11-5-1)19(17-12-6-2-7-13-17)18-14-8-3-9-15-18;1-2-4-6-5-3-1;;/h2*1-15H;1-3,6H;;/q;;-2;2*+1/p+2. The zero-order valence-electron chi connectivity index (χ0n) is 25.2. The first-order valence-electron chi connectivity index (χ1n) is 14.8. The van der Waals surface area contributed by atoms with Gasteiger partial charge in [0.25, 0.3) is 0 Å². The summed E-state index contributed by atoms with van der Waals surface area (Å²) in [4.78, 5) is 0. The zero-order valence-corrected chi connectivity index (χ0v) is 31.6. The molecule has 0 amide bonds. The van der Waals surface area contributed by atoms with Crippen LogP contribution in [0.25, 0.3) is 0 Å². The maximum absolute atomic E-state index is 2.84. The van der Waals surface area contributed by atoms with Crippen molar-refractivity contribution in [2.45, 2.75) is 0 Å². The first kappa shape index (κ1) is 37.3. The average molecular weight is 997 g/mol. The Hall–Kier alpha value is -3.12. The summed E-state index contributed by atoms with van der Waals surface area (Å²) in [5.41, 5.74) is 0. The molecular weight excluding hydrogens is 960 g/mol. The number of rotatable bonds is 6. The minimum absolute atomic E-state index is 0. The summed E-state index contributed by atoms with van der Waals surface area (Å²) in [7, 11) is -1.75. The Labute approximate surface area is 308 Å². The first-order valence-corrected chi connectivity index (χ1v) is 17.8. The van der Waals surface area contributed by atoms with Crippen LogP contribution in [-0.2, 0) is 44.8 Å². The Morgan fingerprint density at radius 3 is 0.587 bits per heavy atom. The first-order chi connectivity index (χ1) is 21.9. The second-order valence-corrected chi connectivity index (χ2v) is 14.9. The van der Waals surface area contributed by atoms with Crippen molar-refractivity contribution in [2.24, 2.45) is 0 Å². The van der Waals surface area contributed by atoms with Gasteiger partial charge >= 0.3 is 44.8 Å². The number of hydrogen-bond acceptors (Lipinski definition) is 0. The van der Waals surface area contributed by atoms with Crippen LogP contribution in [0.4, 0.5) is 0 Å². The third-order valence-corrected chi connectivity index (χ3v) is 12.4. The summed E-state index contributed by atoms with van der Waals surface area (Å²) in [6.07, 6.45) is 0. The van der Waals surface area contributed by atoms with Gasteiger partial charge in [0.1, 0.15) is 31.8 Å². The Morgan fingerprint density at radius 1 is 0.261 bits per heavy atom. The quantitative estimate of drug-likeness (QED) is 0.0915. The number of hydrogen-bond donors (Lipinski definition) is 0. The van der Waals surface area contributed by atoms with Crippen molar-refractivity contribution in [2.75, 3.05) is 0 Å². The molecule has 0 radical (unpaired) electrons. The van der Waals surface area contributed by atoms with E-state index in [4.69, 9.17) is 0 Å². The topological polar surface area (TPSA) is 0 Å². The molecule has 0 bridgehead atoms. The molecule has 0 unspecified atom stereocenters. The van der Waals surface area contributed by atoms with Gasteiger partial charge in [0.05, 0.1) is 15.8 Å². The summed E-state index contributed by atoms with van der Waals surface area (Å²) in [5, 5.41) is 8.61. The zero-order chi connectivity index (χ0) is 30.1. The van der Waals surface area contributed by atoms with E-state index in [1.54, 1.807) is 6.07 Å². The van der Waals surface area contributed by atoms with E-state index in [1.165, 1.54) is 31.8 Å². The van der Waals surface area contributed by atoms with Gasteiger partial charge in [-0.3, -0.25) is 18.2 Å². The average Bonchev–Trinajstić information content (AvgIpc) is 3.13. The van der Waals surface area contributed by atoms with Crippen molar-refractivity contribution >= 4 is 47.7 Å². The maximum atomic E-state index is 2.84. The van der Waals surface area contributed by atoms with Crippen molar-refractivity contribution < 1.29 is 44.8 Å². The largest absolute Gasteiger partial charge is 1.00 e. The van der Waals surface area contributed by atoms with Crippen molar-refractivity contribution in [3.05, 3.63) is 218 Å². The van der Waals surface area contributed by atoms with Crippen LogP contribution in [0.1, 0.15) is 0 Å². The van der Waals surface area contributed by atoms with Crippen LogP contribution in [-0.4, -0.2) is 0 Å². The van der Waals surface area contributed by atoms with E-state index in [1.807, 2.05) is 18.2 Å².